The van der Waals surface area contributed by atoms with E-state index in [4.69, 9.17) is 0 Å². The Bertz CT molecular complexity index is 901. The molecule has 1 saturated heterocycles. The van der Waals surface area contributed by atoms with Gasteiger partial charge in [-0.1, -0.05) is 18.2 Å². The number of urea groups is 1. The maximum absolute atomic E-state index is 13.2. The summed E-state index contributed by atoms with van der Waals surface area (Å²) in [5.74, 6) is -0.771. The van der Waals surface area contributed by atoms with Gasteiger partial charge in [0, 0.05) is 31.4 Å². The Hall–Kier alpha value is -3.22. The Labute approximate surface area is 168 Å². The molecule has 1 aliphatic rings. The van der Waals surface area contributed by atoms with Gasteiger partial charge < -0.3 is 15.5 Å². The fraction of sp³-hybridized carbons (Fsp3) is 0.273. The van der Waals surface area contributed by atoms with Crippen LogP contribution >= 0.6 is 0 Å². The number of hydrogen-bond acceptors (Lipinski definition) is 2. The second-order valence-corrected chi connectivity index (χ2v) is 7.03. The summed E-state index contributed by atoms with van der Waals surface area (Å²) in [4.78, 5) is 26.2. The van der Waals surface area contributed by atoms with Crippen molar-refractivity contribution in [3.8, 4) is 0 Å². The summed E-state index contributed by atoms with van der Waals surface area (Å²) in [6, 6.07) is 11.3. The molecule has 0 aliphatic carbocycles. The van der Waals surface area contributed by atoms with E-state index in [1.807, 2.05) is 0 Å². The Balaban J connectivity index is 1.47. The molecule has 1 aliphatic heterocycles. The molecular weight excluding hydrogens is 376 g/mol. The van der Waals surface area contributed by atoms with Gasteiger partial charge in [-0.3, -0.25) is 4.79 Å². The molecule has 1 fully saturated rings. The minimum atomic E-state index is -0.421. The second kappa shape index (κ2) is 9.82. The van der Waals surface area contributed by atoms with E-state index < -0.39 is 11.8 Å². The third-order valence-electron chi connectivity index (χ3n) is 4.73. The Morgan fingerprint density at radius 2 is 1.86 bits per heavy atom. The average Bonchev–Trinajstić information content (AvgIpc) is 2.71. The number of halogens is 2. The van der Waals surface area contributed by atoms with Crippen molar-refractivity contribution in [1.82, 2.24) is 10.2 Å². The molecular formula is C22H23F2N3O2. The maximum atomic E-state index is 13.2. The largest absolute Gasteiger partial charge is 0.339 e. The van der Waals surface area contributed by atoms with E-state index in [0.29, 0.717) is 30.9 Å². The fourth-order valence-electron chi connectivity index (χ4n) is 3.29. The fourth-order valence-corrected chi connectivity index (χ4v) is 3.29. The number of hydrogen-bond donors (Lipinski definition) is 2. The highest BCUT2D eigenvalue weighted by Crippen LogP contribution is 2.17. The van der Waals surface area contributed by atoms with Crippen LogP contribution in [-0.4, -0.2) is 36.5 Å². The van der Waals surface area contributed by atoms with Crippen molar-refractivity contribution in [3.63, 3.8) is 0 Å². The number of likely N-dealkylation sites (tertiary alicyclic amines) is 1. The van der Waals surface area contributed by atoms with E-state index in [0.717, 1.165) is 12.8 Å². The maximum Gasteiger partial charge on any atom is 0.319 e. The Morgan fingerprint density at radius 1 is 1.10 bits per heavy atom. The molecule has 1 unspecified atom stereocenters. The van der Waals surface area contributed by atoms with Crippen LogP contribution in [0.5, 0.6) is 0 Å². The van der Waals surface area contributed by atoms with Gasteiger partial charge in [-0.15, -0.1) is 0 Å². The van der Waals surface area contributed by atoms with Crippen molar-refractivity contribution < 1.29 is 18.4 Å². The second-order valence-electron chi connectivity index (χ2n) is 7.03. The van der Waals surface area contributed by atoms with Gasteiger partial charge in [-0.2, -0.15) is 0 Å². The molecule has 0 bridgehead atoms. The number of anilines is 1. The molecule has 2 aromatic rings. The zero-order valence-electron chi connectivity index (χ0n) is 15.9. The summed E-state index contributed by atoms with van der Waals surface area (Å²) >= 11 is 0. The van der Waals surface area contributed by atoms with E-state index in [2.05, 4.69) is 10.6 Å². The summed E-state index contributed by atoms with van der Waals surface area (Å²) < 4.78 is 26.4. The molecule has 3 amide bonds. The summed E-state index contributed by atoms with van der Waals surface area (Å²) in [5, 5.41) is 5.36. The van der Waals surface area contributed by atoms with Crippen LogP contribution in [0.2, 0.25) is 0 Å². The zero-order chi connectivity index (χ0) is 20.6. The van der Waals surface area contributed by atoms with Gasteiger partial charge in [0.15, 0.2) is 0 Å². The average molecular weight is 399 g/mol. The van der Waals surface area contributed by atoms with Crippen LogP contribution in [-0.2, 0) is 4.79 Å². The zero-order valence-corrected chi connectivity index (χ0v) is 15.9. The quantitative estimate of drug-likeness (QED) is 0.746. The third-order valence-corrected chi connectivity index (χ3v) is 4.73. The topological polar surface area (TPSA) is 61.4 Å². The smallest absolute Gasteiger partial charge is 0.319 e. The first-order valence-corrected chi connectivity index (χ1v) is 9.52. The number of rotatable bonds is 5. The Kier molecular flexibility index (Phi) is 6.94. The van der Waals surface area contributed by atoms with Crippen LogP contribution in [0.1, 0.15) is 18.4 Å². The lowest BCUT2D eigenvalue weighted by atomic mass is 9.98. The predicted octanol–water partition coefficient (Wildman–Crippen LogP) is 4.04. The summed E-state index contributed by atoms with van der Waals surface area (Å²) in [7, 11) is 0. The van der Waals surface area contributed by atoms with Gasteiger partial charge in [-0.05, 0) is 60.7 Å². The molecule has 5 nitrogen and oxygen atoms in total. The SMILES string of the molecule is O=C(NCC1CCCN(C(=O)/C=C/c2cccc(F)c2)C1)Nc1cccc(F)c1. The highest BCUT2D eigenvalue weighted by atomic mass is 19.1. The molecule has 29 heavy (non-hydrogen) atoms. The number of amides is 3. The molecule has 0 saturated carbocycles. The van der Waals surface area contributed by atoms with Gasteiger partial charge in [0.1, 0.15) is 11.6 Å². The number of carbonyl (C=O) groups excluding carboxylic acids is 2. The summed E-state index contributed by atoms with van der Waals surface area (Å²) in [6.07, 6.45) is 4.79. The molecule has 1 heterocycles. The number of nitrogens with zero attached hydrogens (tertiary/aromatic N) is 1. The van der Waals surface area contributed by atoms with E-state index in [1.165, 1.54) is 36.4 Å². The molecule has 3 rings (SSSR count). The molecule has 0 spiro atoms. The number of carbonyl (C=O) groups is 2. The van der Waals surface area contributed by atoms with Gasteiger partial charge >= 0.3 is 6.03 Å². The van der Waals surface area contributed by atoms with E-state index in [1.54, 1.807) is 29.2 Å². The number of benzene rings is 2. The number of nitrogens with one attached hydrogen (secondary N) is 2. The van der Waals surface area contributed by atoms with Gasteiger partial charge in [0.25, 0.3) is 0 Å². The van der Waals surface area contributed by atoms with Crippen LogP contribution < -0.4 is 10.6 Å². The van der Waals surface area contributed by atoms with Crippen LogP contribution in [0.15, 0.2) is 54.6 Å². The molecule has 0 aromatic heterocycles. The molecule has 2 N–H and O–H groups in total. The van der Waals surface area contributed by atoms with Gasteiger partial charge in [0.2, 0.25) is 5.91 Å². The molecule has 7 heteroatoms. The normalized spacial score (nSPS) is 16.6. The first-order valence-electron chi connectivity index (χ1n) is 9.52. The van der Waals surface area contributed by atoms with Crippen molar-refractivity contribution in [2.75, 3.05) is 25.0 Å². The van der Waals surface area contributed by atoms with Crippen molar-refractivity contribution in [1.29, 1.82) is 0 Å². The van der Waals surface area contributed by atoms with Crippen molar-refractivity contribution in [3.05, 3.63) is 71.8 Å². The van der Waals surface area contributed by atoms with Crippen LogP contribution in [0.4, 0.5) is 19.3 Å². The van der Waals surface area contributed by atoms with E-state index >= 15 is 0 Å². The minimum Gasteiger partial charge on any atom is -0.339 e. The number of piperidine rings is 1. The molecule has 2 aromatic carbocycles. The summed E-state index contributed by atoms with van der Waals surface area (Å²) in [6.45, 7) is 1.60. The first kappa shape index (κ1) is 20.5. The predicted molar refractivity (Wildman–Crippen MR) is 108 cm³/mol. The lowest BCUT2D eigenvalue weighted by Crippen LogP contribution is -2.43. The van der Waals surface area contributed by atoms with E-state index in [-0.39, 0.29) is 17.6 Å². The molecule has 0 radical (unpaired) electrons. The van der Waals surface area contributed by atoms with Crippen molar-refractivity contribution in [2.45, 2.75) is 12.8 Å². The highest BCUT2D eigenvalue weighted by molar-refractivity contribution is 5.92. The van der Waals surface area contributed by atoms with Crippen molar-refractivity contribution in [2.24, 2.45) is 5.92 Å². The van der Waals surface area contributed by atoms with Crippen LogP contribution in [0.25, 0.3) is 6.08 Å². The monoisotopic (exact) mass is 399 g/mol. The third kappa shape index (κ3) is 6.41. The lowest BCUT2D eigenvalue weighted by molar-refractivity contribution is -0.127. The van der Waals surface area contributed by atoms with Crippen LogP contribution in [0, 0.1) is 17.6 Å². The standard InChI is InChI=1S/C22H23F2N3O2/c23-18-6-1-4-16(12-18)9-10-21(28)27-11-3-5-17(15-27)14-25-22(29)26-20-8-2-7-19(24)13-20/h1-2,4,6-10,12-13,17H,3,5,11,14-15H2,(H2,25,26,29)/b10-9+. The summed E-state index contributed by atoms with van der Waals surface area (Å²) in [5.41, 5.74) is 1.01. The molecule has 1 atom stereocenters. The minimum absolute atomic E-state index is 0.133. The molecule has 152 valence electrons. The van der Waals surface area contributed by atoms with Crippen molar-refractivity contribution >= 4 is 23.7 Å². The van der Waals surface area contributed by atoms with Crippen LogP contribution in [0.3, 0.4) is 0 Å². The Morgan fingerprint density at radius 3 is 2.62 bits per heavy atom. The van der Waals surface area contributed by atoms with Gasteiger partial charge in [-0.25, -0.2) is 13.6 Å². The van der Waals surface area contributed by atoms with E-state index in [9.17, 15) is 18.4 Å². The lowest BCUT2D eigenvalue weighted by Gasteiger charge is -2.32. The first-order chi connectivity index (χ1) is 14.0. The van der Waals surface area contributed by atoms with Gasteiger partial charge in [0.05, 0.1) is 0 Å². The highest BCUT2D eigenvalue weighted by Gasteiger charge is 2.22.